The first-order chi connectivity index (χ1) is 9.74. The Labute approximate surface area is 123 Å². The van der Waals surface area contributed by atoms with E-state index in [9.17, 15) is 4.79 Å². The van der Waals surface area contributed by atoms with Gasteiger partial charge in [0.05, 0.1) is 0 Å². The minimum atomic E-state index is 0.329. The molecule has 1 aliphatic carbocycles. The van der Waals surface area contributed by atoms with Crippen molar-refractivity contribution in [2.75, 3.05) is 26.2 Å². The Morgan fingerprint density at radius 1 is 1.05 bits per heavy atom. The second kappa shape index (κ2) is 6.57. The molecule has 114 valence electrons. The Hall–Kier alpha value is -0.410. The number of hydrogen-bond donors (Lipinski definition) is 0. The zero-order valence-electron chi connectivity index (χ0n) is 13.0. The van der Waals surface area contributed by atoms with Crippen LogP contribution in [0.15, 0.2) is 0 Å². The topological polar surface area (TPSA) is 23.6 Å². The Balaban J connectivity index is 1.59. The van der Waals surface area contributed by atoms with E-state index in [1.165, 1.54) is 51.7 Å². The highest BCUT2D eigenvalue weighted by atomic mass is 16.1. The van der Waals surface area contributed by atoms with Crippen LogP contribution in [0.2, 0.25) is 0 Å². The predicted octanol–water partition coefficient (Wildman–Crippen LogP) is 2.69. The van der Waals surface area contributed by atoms with Crippen LogP contribution in [0.4, 0.5) is 0 Å². The van der Waals surface area contributed by atoms with E-state index >= 15 is 0 Å². The molecule has 3 unspecified atom stereocenters. The van der Waals surface area contributed by atoms with Gasteiger partial charge in [-0.05, 0) is 39.2 Å². The molecule has 0 radical (unpaired) electrons. The molecule has 2 heterocycles. The van der Waals surface area contributed by atoms with Gasteiger partial charge in [0.15, 0.2) is 0 Å². The molecule has 0 aromatic heterocycles. The van der Waals surface area contributed by atoms with Crippen LogP contribution in [-0.4, -0.2) is 53.8 Å². The van der Waals surface area contributed by atoms with Gasteiger partial charge in [0, 0.05) is 44.1 Å². The van der Waals surface area contributed by atoms with Crippen LogP contribution in [0, 0.1) is 5.92 Å². The maximum atomic E-state index is 12.2. The second-order valence-electron chi connectivity index (χ2n) is 7.21. The van der Waals surface area contributed by atoms with Gasteiger partial charge < -0.3 is 0 Å². The van der Waals surface area contributed by atoms with Crippen molar-refractivity contribution in [1.82, 2.24) is 9.80 Å². The van der Waals surface area contributed by atoms with Gasteiger partial charge in [-0.2, -0.15) is 0 Å². The molecule has 3 fully saturated rings. The van der Waals surface area contributed by atoms with E-state index in [1.807, 2.05) is 0 Å². The molecule has 0 amide bonds. The molecular weight excluding hydrogens is 248 g/mol. The van der Waals surface area contributed by atoms with Crippen LogP contribution < -0.4 is 0 Å². The average Bonchev–Trinajstić information content (AvgIpc) is 2.65. The van der Waals surface area contributed by atoms with Gasteiger partial charge in [-0.15, -0.1) is 0 Å². The lowest BCUT2D eigenvalue weighted by molar-refractivity contribution is -0.124. The number of fused-ring (bicyclic) bond motifs is 1. The molecule has 3 aliphatic rings. The molecule has 0 aromatic rings. The quantitative estimate of drug-likeness (QED) is 0.726. The summed E-state index contributed by atoms with van der Waals surface area (Å²) in [6.07, 6.45) is 9.75. The Kier molecular flexibility index (Phi) is 4.77. The number of ketones is 1. The zero-order valence-corrected chi connectivity index (χ0v) is 13.0. The van der Waals surface area contributed by atoms with Crippen molar-refractivity contribution in [2.45, 2.75) is 70.4 Å². The molecule has 0 spiro atoms. The number of hydrogen-bond acceptors (Lipinski definition) is 3. The van der Waals surface area contributed by atoms with E-state index in [-0.39, 0.29) is 0 Å². The molecule has 0 aromatic carbocycles. The number of nitrogens with zero attached hydrogens (tertiary/aromatic N) is 2. The highest BCUT2D eigenvalue weighted by Gasteiger charge is 2.34. The van der Waals surface area contributed by atoms with Gasteiger partial charge in [0.1, 0.15) is 5.78 Å². The van der Waals surface area contributed by atoms with Gasteiger partial charge in [0.2, 0.25) is 0 Å². The lowest BCUT2D eigenvalue weighted by Gasteiger charge is -2.48. The van der Waals surface area contributed by atoms with E-state index < -0.39 is 0 Å². The molecule has 3 heteroatoms. The smallest absolute Gasteiger partial charge is 0.137 e. The highest BCUT2D eigenvalue weighted by molar-refractivity contribution is 5.81. The molecule has 2 aliphatic heterocycles. The van der Waals surface area contributed by atoms with E-state index in [1.54, 1.807) is 0 Å². The van der Waals surface area contributed by atoms with E-state index in [2.05, 4.69) is 16.7 Å². The molecule has 0 bridgehead atoms. The SMILES string of the molecule is CC1CN2CCCCC2CN1CC1CCCCCC1=O. The van der Waals surface area contributed by atoms with Crippen molar-refractivity contribution in [1.29, 1.82) is 0 Å². The molecule has 3 atom stereocenters. The minimum Gasteiger partial charge on any atom is -0.299 e. The summed E-state index contributed by atoms with van der Waals surface area (Å²) in [5.74, 6) is 0.871. The summed E-state index contributed by atoms with van der Waals surface area (Å²) in [5.41, 5.74) is 0. The molecule has 20 heavy (non-hydrogen) atoms. The highest BCUT2D eigenvalue weighted by Crippen LogP contribution is 2.27. The Morgan fingerprint density at radius 2 is 1.90 bits per heavy atom. The van der Waals surface area contributed by atoms with Gasteiger partial charge in [-0.3, -0.25) is 14.6 Å². The lowest BCUT2D eigenvalue weighted by atomic mass is 9.93. The third kappa shape index (κ3) is 3.25. The van der Waals surface area contributed by atoms with E-state index in [0.29, 0.717) is 17.7 Å². The van der Waals surface area contributed by atoms with Crippen LogP contribution >= 0.6 is 0 Å². The average molecular weight is 278 g/mol. The standard InChI is InChI=1S/C17H30N2O/c1-14-11-18-10-6-5-8-16(18)13-19(14)12-15-7-3-2-4-9-17(15)20/h14-16H,2-13H2,1H3. The molecule has 3 nitrogen and oxygen atoms in total. The summed E-state index contributed by atoms with van der Waals surface area (Å²) in [6.45, 7) is 7.10. The Morgan fingerprint density at radius 3 is 2.80 bits per heavy atom. The van der Waals surface area contributed by atoms with Crippen molar-refractivity contribution in [3.05, 3.63) is 0 Å². The Bertz CT molecular complexity index is 344. The number of piperazine rings is 1. The molecule has 0 N–H and O–H groups in total. The van der Waals surface area contributed by atoms with Crippen molar-refractivity contribution in [3.8, 4) is 0 Å². The first-order valence-electron chi connectivity index (χ1n) is 8.75. The summed E-state index contributed by atoms with van der Waals surface area (Å²) in [6, 6.07) is 1.39. The molecule has 1 saturated carbocycles. The summed E-state index contributed by atoms with van der Waals surface area (Å²) < 4.78 is 0. The van der Waals surface area contributed by atoms with Crippen molar-refractivity contribution < 1.29 is 4.79 Å². The normalized spacial score (nSPS) is 37.5. The largest absolute Gasteiger partial charge is 0.299 e. The molecule has 3 rings (SSSR count). The number of carbonyl (C=O) groups excluding carboxylic acids is 1. The molecule has 2 saturated heterocycles. The van der Waals surface area contributed by atoms with Gasteiger partial charge in [-0.1, -0.05) is 19.3 Å². The second-order valence-corrected chi connectivity index (χ2v) is 7.21. The summed E-state index contributed by atoms with van der Waals surface area (Å²) >= 11 is 0. The monoisotopic (exact) mass is 278 g/mol. The van der Waals surface area contributed by atoms with Crippen LogP contribution in [0.25, 0.3) is 0 Å². The first-order valence-corrected chi connectivity index (χ1v) is 8.75. The van der Waals surface area contributed by atoms with Crippen molar-refractivity contribution >= 4 is 5.78 Å². The van der Waals surface area contributed by atoms with E-state index in [4.69, 9.17) is 0 Å². The van der Waals surface area contributed by atoms with Crippen LogP contribution in [0.1, 0.15) is 58.3 Å². The maximum Gasteiger partial charge on any atom is 0.137 e. The van der Waals surface area contributed by atoms with Crippen LogP contribution in [0.3, 0.4) is 0 Å². The summed E-state index contributed by atoms with van der Waals surface area (Å²) in [7, 11) is 0. The fraction of sp³-hybridized carbons (Fsp3) is 0.941. The fourth-order valence-electron chi connectivity index (χ4n) is 4.38. The van der Waals surface area contributed by atoms with Gasteiger partial charge in [-0.25, -0.2) is 0 Å². The van der Waals surface area contributed by atoms with Crippen LogP contribution in [0.5, 0.6) is 0 Å². The molecular formula is C17H30N2O. The lowest BCUT2D eigenvalue weighted by Crippen LogP contribution is -2.59. The van der Waals surface area contributed by atoms with Gasteiger partial charge in [0.25, 0.3) is 0 Å². The maximum absolute atomic E-state index is 12.2. The van der Waals surface area contributed by atoms with E-state index in [0.717, 1.165) is 31.8 Å². The number of rotatable bonds is 2. The minimum absolute atomic E-state index is 0.329. The van der Waals surface area contributed by atoms with Crippen LogP contribution in [-0.2, 0) is 4.79 Å². The summed E-state index contributed by atoms with van der Waals surface area (Å²) in [5, 5.41) is 0. The third-order valence-electron chi connectivity index (χ3n) is 5.70. The summed E-state index contributed by atoms with van der Waals surface area (Å²) in [4.78, 5) is 17.6. The number of piperidine rings is 1. The number of Topliss-reactive ketones (excluding diaryl/α,β-unsaturated/α-hetero) is 1. The van der Waals surface area contributed by atoms with Crippen molar-refractivity contribution in [2.24, 2.45) is 5.92 Å². The third-order valence-corrected chi connectivity index (χ3v) is 5.70. The number of carbonyl (C=O) groups is 1. The predicted molar refractivity (Wildman–Crippen MR) is 81.8 cm³/mol. The van der Waals surface area contributed by atoms with Gasteiger partial charge >= 0.3 is 0 Å². The van der Waals surface area contributed by atoms with Crippen molar-refractivity contribution in [3.63, 3.8) is 0 Å². The zero-order chi connectivity index (χ0) is 13.9. The first kappa shape index (κ1) is 14.5. The fourth-order valence-corrected chi connectivity index (χ4v) is 4.38.